The van der Waals surface area contributed by atoms with E-state index in [0.717, 1.165) is 33.3 Å². The second-order valence-corrected chi connectivity index (χ2v) is 9.19. The molecule has 0 bridgehead atoms. The molecule has 0 saturated carbocycles. The van der Waals surface area contributed by atoms with Crippen molar-refractivity contribution in [3.05, 3.63) is 65.2 Å². The number of carbonyl (C=O) groups is 4. The number of nitrogens with one attached hydrogen (secondary N) is 1. The molecule has 1 aliphatic rings. The summed E-state index contributed by atoms with van der Waals surface area (Å²) in [7, 11) is 1.36. The molecule has 1 aliphatic heterocycles. The van der Waals surface area contributed by atoms with Crippen LogP contribution in [0, 0.1) is 17.6 Å². The molecule has 37 heavy (non-hydrogen) atoms. The third kappa shape index (κ3) is 6.17. The van der Waals surface area contributed by atoms with E-state index in [1.807, 2.05) is 18.2 Å². The van der Waals surface area contributed by atoms with Crippen LogP contribution >= 0.6 is 0 Å². The molecule has 198 valence electrons. The number of anilines is 1. The highest BCUT2D eigenvalue weighted by Crippen LogP contribution is 2.29. The predicted octanol–water partition coefficient (Wildman–Crippen LogP) is 3.34. The number of fused-ring (bicyclic) bond motifs is 1. The van der Waals surface area contributed by atoms with Crippen molar-refractivity contribution < 1.29 is 32.8 Å². The first-order valence-corrected chi connectivity index (χ1v) is 11.8. The Morgan fingerprint density at radius 3 is 2.22 bits per heavy atom. The van der Waals surface area contributed by atoms with E-state index in [0.29, 0.717) is 12.6 Å². The minimum absolute atomic E-state index is 0.0608. The van der Waals surface area contributed by atoms with E-state index in [9.17, 15) is 28.0 Å². The summed E-state index contributed by atoms with van der Waals surface area (Å²) in [6.45, 7) is 5.03. The van der Waals surface area contributed by atoms with Gasteiger partial charge in [0.05, 0.1) is 6.04 Å². The molecule has 0 saturated heterocycles. The molecule has 0 unspecified atom stereocenters. The van der Waals surface area contributed by atoms with Gasteiger partial charge in [0.25, 0.3) is 0 Å². The number of nitrogens with zero attached hydrogens (tertiary/aromatic N) is 3. The third-order valence-electron chi connectivity index (χ3n) is 6.34. The van der Waals surface area contributed by atoms with Gasteiger partial charge >= 0.3 is 6.09 Å². The lowest BCUT2D eigenvalue weighted by atomic mass is 9.94. The van der Waals surface area contributed by atoms with Crippen LogP contribution in [0.3, 0.4) is 0 Å². The van der Waals surface area contributed by atoms with E-state index in [-0.39, 0.29) is 18.9 Å². The minimum atomic E-state index is -1.10. The number of halogens is 2. The van der Waals surface area contributed by atoms with E-state index in [1.54, 1.807) is 19.9 Å². The first-order valence-electron chi connectivity index (χ1n) is 11.8. The largest absolute Gasteiger partial charge is 0.430 e. The van der Waals surface area contributed by atoms with Gasteiger partial charge in [-0.15, -0.1) is 0 Å². The van der Waals surface area contributed by atoms with E-state index < -0.39 is 47.4 Å². The lowest BCUT2D eigenvalue weighted by Crippen LogP contribution is -2.61. The Bertz CT molecular complexity index is 1140. The number of aldehydes is 2. The standard InChI is InChI=1S/C26H30F2N4O5/c1-16(2)23(15-34)32(37-26(36)30(4)17(3)14-33)31-13-19-9-6-5-8-18(19)12-22(31)25(35)29-24-20(27)10-7-11-21(24)28/h5-11,14-17,22-23H,12-13H2,1-4H3,(H,29,35)/t17-,22-,23+/m0/s1. The molecule has 9 nitrogen and oxygen atoms in total. The summed E-state index contributed by atoms with van der Waals surface area (Å²) in [4.78, 5) is 56.4. The Hall–Kier alpha value is -3.70. The number of para-hydroxylation sites is 1. The Balaban J connectivity index is 2.04. The summed E-state index contributed by atoms with van der Waals surface area (Å²) in [6, 6.07) is 7.57. The van der Waals surface area contributed by atoms with E-state index >= 15 is 0 Å². The molecule has 0 fully saturated rings. The number of hydroxylamine groups is 1. The van der Waals surface area contributed by atoms with Crippen LogP contribution in [0.25, 0.3) is 0 Å². The maximum absolute atomic E-state index is 14.3. The van der Waals surface area contributed by atoms with Crippen LogP contribution in [-0.4, -0.2) is 64.8 Å². The number of amides is 2. The first-order chi connectivity index (χ1) is 17.6. The lowest BCUT2D eigenvalue weighted by Gasteiger charge is -2.44. The van der Waals surface area contributed by atoms with Crippen molar-refractivity contribution in [2.75, 3.05) is 12.4 Å². The average molecular weight is 517 g/mol. The highest BCUT2D eigenvalue weighted by Gasteiger charge is 2.41. The van der Waals surface area contributed by atoms with Gasteiger partial charge in [0, 0.05) is 13.6 Å². The number of carbonyl (C=O) groups excluding carboxylic acids is 4. The van der Waals surface area contributed by atoms with Crippen LogP contribution in [-0.2, 0) is 32.2 Å². The topological polar surface area (TPSA) is 99.3 Å². The van der Waals surface area contributed by atoms with Crippen molar-refractivity contribution in [3.63, 3.8) is 0 Å². The number of hydrogen-bond donors (Lipinski definition) is 1. The fourth-order valence-electron chi connectivity index (χ4n) is 3.92. The minimum Gasteiger partial charge on any atom is -0.334 e. The Morgan fingerprint density at radius 1 is 1.03 bits per heavy atom. The summed E-state index contributed by atoms with van der Waals surface area (Å²) in [5.41, 5.74) is 1.02. The van der Waals surface area contributed by atoms with Crippen molar-refractivity contribution in [1.29, 1.82) is 0 Å². The first kappa shape index (κ1) is 27.9. The van der Waals surface area contributed by atoms with Gasteiger partial charge in [0.15, 0.2) is 0 Å². The van der Waals surface area contributed by atoms with Gasteiger partial charge in [-0.2, -0.15) is 5.01 Å². The van der Waals surface area contributed by atoms with Crippen molar-refractivity contribution in [3.8, 4) is 0 Å². The molecule has 0 aromatic heterocycles. The normalized spacial score (nSPS) is 17.0. The average Bonchev–Trinajstić information content (AvgIpc) is 2.88. The molecule has 1 heterocycles. The third-order valence-corrected chi connectivity index (χ3v) is 6.34. The highest BCUT2D eigenvalue weighted by atomic mass is 19.1. The molecule has 0 radical (unpaired) electrons. The number of likely N-dealkylation sites (N-methyl/N-ethyl adjacent to an activating group) is 1. The fraction of sp³-hybridized carbons (Fsp3) is 0.385. The Labute approximate surface area is 213 Å². The smallest absolute Gasteiger partial charge is 0.334 e. The summed E-state index contributed by atoms with van der Waals surface area (Å²) in [6.07, 6.45) is 0.329. The van der Waals surface area contributed by atoms with Gasteiger partial charge in [0.2, 0.25) is 5.91 Å². The molecule has 1 N–H and O–H groups in total. The number of benzene rings is 2. The molecule has 2 amide bonds. The molecule has 3 rings (SSSR count). The molecular weight excluding hydrogens is 486 g/mol. The van der Waals surface area contributed by atoms with Crippen molar-refractivity contribution in [2.24, 2.45) is 5.92 Å². The quantitative estimate of drug-likeness (QED) is 0.403. The van der Waals surface area contributed by atoms with Gasteiger partial charge in [-0.05, 0) is 42.5 Å². The van der Waals surface area contributed by atoms with Crippen molar-refractivity contribution >= 4 is 30.3 Å². The molecule has 3 atom stereocenters. The van der Waals surface area contributed by atoms with Crippen molar-refractivity contribution in [2.45, 2.75) is 51.9 Å². The second kappa shape index (κ2) is 12.0. The van der Waals surface area contributed by atoms with Gasteiger partial charge in [-0.25, -0.2) is 13.6 Å². The Kier molecular flexibility index (Phi) is 9.06. The van der Waals surface area contributed by atoms with E-state index in [1.165, 1.54) is 25.0 Å². The monoisotopic (exact) mass is 516 g/mol. The fourth-order valence-corrected chi connectivity index (χ4v) is 3.92. The van der Waals surface area contributed by atoms with Crippen LogP contribution in [0.4, 0.5) is 19.3 Å². The van der Waals surface area contributed by atoms with Gasteiger partial charge in [-0.3, -0.25) is 4.79 Å². The summed E-state index contributed by atoms with van der Waals surface area (Å²) in [5.74, 6) is -3.01. The van der Waals surface area contributed by atoms with Crippen LogP contribution in [0.15, 0.2) is 42.5 Å². The van der Waals surface area contributed by atoms with Gasteiger partial charge in [0.1, 0.15) is 42.0 Å². The molecule has 0 aliphatic carbocycles. The van der Waals surface area contributed by atoms with E-state index in [2.05, 4.69) is 5.32 Å². The maximum Gasteiger partial charge on any atom is 0.430 e. The molecular formula is C26H30F2N4O5. The Morgan fingerprint density at radius 2 is 1.65 bits per heavy atom. The van der Waals surface area contributed by atoms with E-state index in [4.69, 9.17) is 4.84 Å². The highest BCUT2D eigenvalue weighted by molar-refractivity contribution is 5.95. The number of hydrogen-bond acceptors (Lipinski definition) is 7. The molecule has 0 spiro atoms. The number of rotatable bonds is 9. The number of hydrazine groups is 1. The summed E-state index contributed by atoms with van der Waals surface area (Å²) >= 11 is 0. The van der Waals surface area contributed by atoms with Gasteiger partial charge < -0.3 is 24.6 Å². The maximum atomic E-state index is 14.3. The summed E-state index contributed by atoms with van der Waals surface area (Å²) in [5, 5.41) is 4.74. The van der Waals surface area contributed by atoms with Crippen LogP contribution < -0.4 is 5.32 Å². The molecule has 2 aromatic rings. The predicted molar refractivity (Wildman–Crippen MR) is 131 cm³/mol. The van der Waals surface area contributed by atoms with Crippen LogP contribution in [0.5, 0.6) is 0 Å². The molecule has 2 aromatic carbocycles. The van der Waals surface area contributed by atoms with Crippen molar-refractivity contribution in [1.82, 2.24) is 15.1 Å². The summed E-state index contributed by atoms with van der Waals surface area (Å²) < 4.78 is 28.6. The SMILES string of the molecule is CC(C)[C@@H](C=O)N(OC(=O)N(C)[C@@H](C)C=O)N1Cc2ccccc2C[C@H]1C(=O)Nc1c(F)cccc1F. The lowest BCUT2D eigenvalue weighted by molar-refractivity contribution is -0.287. The zero-order valence-electron chi connectivity index (χ0n) is 21.1. The van der Waals surface area contributed by atoms with Crippen LogP contribution in [0.1, 0.15) is 31.9 Å². The zero-order chi connectivity index (χ0) is 27.3. The van der Waals surface area contributed by atoms with Gasteiger partial charge in [-0.1, -0.05) is 49.4 Å². The van der Waals surface area contributed by atoms with Crippen LogP contribution in [0.2, 0.25) is 0 Å². The molecule has 11 heteroatoms. The second-order valence-electron chi connectivity index (χ2n) is 9.19. The zero-order valence-corrected chi connectivity index (χ0v) is 21.1.